The lowest BCUT2D eigenvalue weighted by Gasteiger charge is -2.17. The number of benzene rings is 2. The third-order valence-electron chi connectivity index (χ3n) is 6.77. The number of fused-ring (bicyclic) bond motifs is 3. The summed E-state index contributed by atoms with van der Waals surface area (Å²) in [7, 11) is 0. The number of amides is 1. The molecule has 0 aliphatic heterocycles. The maximum Gasteiger partial charge on any atom is 0.267 e. The molecule has 0 bridgehead atoms. The molecule has 192 valence electrons. The number of hydrogen-bond donors (Lipinski definition) is 1. The summed E-state index contributed by atoms with van der Waals surface area (Å²) in [5.74, 6) is -0.181. The van der Waals surface area contributed by atoms with Crippen LogP contribution in [0.3, 0.4) is 0 Å². The number of thiazole rings is 1. The quantitative estimate of drug-likeness (QED) is 0.183. The zero-order chi connectivity index (χ0) is 26.4. The van der Waals surface area contributed by atoms with E-state index >= 15 is 0 Å². The predicted molar refractivity (Wildman–Crippen MR) is 158 cm³/mol. The first-order chi connectivity index (χ1) is 18.4. The first-order valence-electron chi connectivity index (χ1n) is 12.5. The number of thiophene rings is 1. The van der Waals surface area contributed by atoms with Crippen molar-refractivity contribution >= 4 is 55.7 Å². The molecule has 0 saturated carbocycles. The molecule has 38 heavy (non-hydrogen) atoms. The lowest BCUT2D eigenvalue weighted by Crippen LogP contribution is -2.26. The normalized spacial score (nSPS) is 13.6. The maximum absolute atomic E-state index is 14.0. The molecular formula is C29H26N4O2S3. The van der Waals surface area contributed by atoms with Crippen LogP contribution >= 0.6 is 34.4 Å². The number of aryl methyl sites for hydroxylation is 4. The van der Waals surface area contributed by atoms with Gasteiger partial charge in [0.2, 0.25) is 5.91 Å². The number of carbonyl (C=O) groups excluding carboxylic acids is 1. The minimum absolute atomic E-state index is 0.0503. The second kappa shape index (κ2) is 10.1. The topological polar surface area (TPSA) is 76.9 Å². The summed E-state index contributed by atoms with van der Waals surface area (Å²) >= 11 is 4.32. The van der Waals surface area contributed by atoms with E-state index < -0.39 is 5.25 Å². The average molecular weight is 559 g/mol. The Kier molecular flexibility index (Phi) is 6.67. The van der Waals surface area contributed by atoms with E-state index in [4.69, 9.17) is 4.98 Å². The van der Waals surface area contributed by atoms with E-state index in [1.54, 1.807) is 15.9 Å². The van der Waals surface area contributed by atoms with Gasteiger partial charge in [-0.05, 0) is 62.8 Å². The van der Waals surface area contributed by atoms with Gasteiger partial charge in [-0.2, -0.15) is 0 Å². The van der Waals surface area contributed by atoms with E-state index in [0.717, 1.165) is 63.1 Å². The van der Waals surface area contributed by atoms with Crippen molar-refractivity contribution in [2.45, 2.75) is 50.4 Å². The molecule has 0 spiro atoms. The highest BCUT2D eigenvalue weighted by molar-refractivity contribution is 8.00. The minimum Gasteiger partial charge on any atom is -0.301 e. The number of aromatic nitrogens is 3. The Balaban J connectivity index is 1.34. The van der Waals surface area contributed by atoms with Crippen LogP contribution in [0.2, 0.25) is 0 Å². The zero-order valence-corrected chi connectivity index (χ0v) is 23.7. The first kappa shape index (κ1) is 25.0. The fourth-order valence-corrected chi connectivity index (χ4v) is 7.71. The van der Waals surface area contributed by atoms with Gasteiger partial charge < -0.3 is 5.32 Å². The highest BCUT2D eigenvalue weighted by atomic mass is 32.2. The molecular weight excluding hydrogens is 533 g/mol. The van der Waals surface area contributed by atoms with Crippen LogP contribution < -0.4 is 10.9 Å². The Morgan fingerprint density at radius 3 is 2.74 bits per heavy atom. The Bertz CT molecular complexity index is 1740. The third kappa shape index (κ3) is 4.59. The molecule has 9 heteroatoms. The van der Waals surface area contributed by atoms with Crippen LogP contribution in [-0.4, -0.2) is 25.7 Å². The third-order valence-corrected chi connectivity index (χ3v) is 9.76. The van der Waals surface area contributed by atoms with Gasteiger partial charge in [0.05, 0.1) is 22.0 Å². The summed E-state index contributed by atoms with van der Waals surface area (Å²) in [4.78, 5) is 38.8. The van der Waals surface area contributed by atoms with E-state index in [1.807, 2.05) is 74.7 Å². The maximum atomic E-state index is 14.0. The molecule has 1 aliphatic rings. The molecule has 3 aromatic heterocycles. The van der Waals surface area contributed by atoms with Gasteiger partial charge in [-0.1, -0.05) is 54.2 Å². The van der Waals surface area contributed by atoms with Gasteiger partial charge in [-0.15, -0.1) is 22.7 Å². The number of rotatable bonds is 6. The molecule has 0 unspecified atom stereocenters. The number of nitrogens with zero attached hydrogens (tertiary/aromatic N) is 3. The second-order valence-corrected chi connectivity index (χ2v) is 12.8. The molecule has 3 heterocycles. The molecule has 2 aromatic carbocycles. The fraction of sp³-hybridized carbons (Fsp3) is 0.241. The van der Waals surface area contributed by atoms with Gasteiger partial charge in [0.1, 0.15) is 4.83 Å². The van der Waals surface area contributed by atoms with E-state index in [0.29, 0.717) is 10.3 Å². The predicted octanol–water partition coefficient (Wildman–Crippen LogP) is 6.80. The Morgan fingerprint density at radius 2 is 1.92 bits per heavy atom. The molecule has 1 aliphatic carbocycles. The van der Waals surface area contributed by atoms with Crippen LogP contribution in [0.4, 0.5) is 5.13 Å². The minimum atomic E-state index is -0.494. The highest BCUT2D eigenvalue weighted by Crippen LogP contribution is 2.37. The highest BCUT2D eigenvalue weighted by Gasteiger charge is 2.26. The molecule has 1 N–H and O–H groups in total. The van der Waals surface area contributed by atoms with Gasteiger partial charge in [0, 0.05) is 15.8 Å². The molecule has 0 radical (unpaired) electrons. The second-order valence-electron chi connectivity index (χ2n) is 9.52. The van der Waals surface area contributed by atoms with E-state index in [9.17, 15) is 9.59 Å². The van der Waals surface area contributed by atoms with Crippen molar-refractivity contribution in [1.29, 1.82) is 0 Å². The van der Waals surface area contributed by atoms with Gasteiger partial charge in [0.25, 0.3) is 5.56 Å². The van der Waals surface area contributed by atoms with Crippen LogP contribution in [0.15, 0.2) is 63.9 Å². The summed E-state index contributed by atoms with van der Waals surface area (Å²) in [6.45, 7) is 5.85. The molecule has 1 atom stereocenters. The van der Waals surface area contributed by atoms with Gasteiger partial charge in [-0.3, -0.25) is 14.2 Å². The first-order valence-corrected chi connectivity index (χ1v) is 15.1. The number of anilines is 1. The monoisotopic (exact) mass is 558 g/mol. The van der Waals surface area contributed by atoms with Crippen LogP contribution in [0.5, 0.6) is 0 Å². The lowest BCUT2D eigenvalue weighted by atomic mass is 10.1. The fourth-order valence-electron chi connectivity index (χ4n) is 4.77. The Morgan fingerprint density at radius 1 is 1.11 bits per heavy atom. The number of carbonyl (C=O) groups is 1. The summed E-state index contributed by atoms with van der Waals surface area (Å²) in [6.07, 6.45) is 3.00. The van der Waals surface area contributed by atoms with Crippen molar-refractivity contribution in [3.8, 4) is 16.9 Å². The standard InChI is InChI=1S/C29H26N4O2S3/c1-16-12-13-17(2)22(14-16)33-27(35)24-20-10-7-11-23(20)38-26(24)32-29(33)37-18(3)25(34)31-28-30-21(15-36-28)19-8-5-4-6-9-19/h4-6,8-9,12-15,18H,7,10-11H2,1-3H3,(H,30,31,34)/t18-/m0/s1. The summed E-state index contributed by atoms with van der Waals surface area (Å²) < 4.78 is 1.71. The molecule has 6 rings (SSSR count). The van der Waals surface area contributed by atoms with Crippen LogP contribution in [0.1, 0.15) is 34.9 Å². The van der Waals surface area contributed by atoms with Gasteiger partial charge >= 0.3 is 0 Å². The average Bonchev–Trinajstić information content (AvgIpc) is 3.63. The zero-order valence-electron chi connectivity index (χ0n) is 21.3. The molecule has 6 nitrogen and oxygen atoms in total. The number of nitrogens with one attached hydrogen (secondary N) is 1. The van der Waals surface area contributed by atoms with E-state index in [-0.39, 0.29) is 11.5 Å². The van der Waals surface area contributed by atoms with Crippen molar-refractivity contribution in [2.24, 2.45) is 0 Å². The molecule has 5 aromatic rings. The van der Waals surface area contributed by atoms with Crippen molar-refractivity contribution in [3.05, 3.63) is 85.8 Å². The van der Waals surface area contributed by atoms with Crippen LogP contribution in [0, 0.1) is 13.8 Å². The molecule has 0 fully saturated rings. The van der Waals surface area contributed by atoms with Gasteiger partial charge in [0.15, 0.2) is 10.3 Å². The van der Waals surface area contributed by atoms with Crippen molar-refractivity contribution in [3.63, 3.8) is 0 Å². The summed E-state index contributed by atoms with van der Waals surface area (Å²) in [5, 5.41) is 6.21. The van der Waals surface area contributed by atoms with E-state index in [2.05, 4.69) is 10.3 Å². The summed E-state index contributed by atoms with van der Waals surface area (Å²) in [5.41, 5.74) is 5.79. The SMILES string of the molecule is Cc1ccc(C)c(-n2c(S[C@@H](C)C(=O)Nc3nc(-c4ccccc4)cs3)nc3sc4c(c3c2=O)CCC4)c1. The molecule has 0 saturated heterocycles. The Labute approximate surface area is 232 Å². The van der Waals surface area contributed by atoms with Crippen LogP contribution in [0.25, 0.3) is 27.2 Å². The van der Waals surface area contributed by atoms with Crippen molar-refractivity contribution < 1.29 is 4.79 Å². The van der Waals surface area contributed by atoms with Gasteiger partial charge in [-0.25, -0.2) is 9.97 Å². The van der Waals surface area contributed by atoms with Crippen molar-refractivity contribution in [2.75, 3.05) is 5.32 Å². The Hall–Kier alpha value is -3.27. The molecule has 1 amide bonds. The van der Waals surface area contributed by atoms with Crippen LogP contribution in [-0.2, 0) is 17.6 Å². The number of thioether (sulfide) groups is 1. The summed E-state index contributed by atoms with van der Waals surface area (Å²) in [6, 6.07) is 16.0. The lowest BCUT2D eigenvalue weighted by molar-refractivity contribution is -0.115. The number of hydrogen-bond acceptors (Lipinski definition) is 7. The smallest absolute Gasteiger partial charge is 0.267 e. The van der Waals surface area contributed by atoms with E-state index in [1.165, 1.54) is 28.0 Å². The largest absolute Gasteiger partial charge is 0.301 e. The van der Waals surface area contributed by atoms with Crippen molar-refractivity contribution in [1.82, 2.24) is 14.5 Å².